The molecule has 1 saturated heterocycles. The SMILES string of the molecule is CN(C(=O)C1CC2CCCCC2N1c1ncccn1)c1nccs1. The maximum atomic E-state index is 13.2. The van der Waals surface area contributed by atoms with Crippen LogP contribution in [0.15, 0.2) is 30.0 Å². The molecular formula is C17H21N5OS. The van der Waals surface area contributed by atoms with Crippen molar-refractivity contribution in [2.45, 2.75) is 44.2 Å². The van der Waals surface area contributed by atoms with Crippen LogP contribution in [-0.2, 0) is 4.79 Å². The molecular weight excluding hydrogens is 322 g/mol. The van der Waals surface area contributed by atoms with E-state index in [0.29, 0.717) is 17.9 Å². The van der Waals surface area contributed by atoms with E-state index in [1.807, 2.05) is 18.5 Å². The van der Waals surface area contributed by atoms with Gasteiger partial charge in [-0.2, -0.15) is 0 Å². The zero-order valence-electron chi connectivity index (χ0n) is 13.7. The summed E-state index contributed by atoms with van der Waals surface area (Å²) in [7, 11) is 1.81. The molecule has 0 spiro atoms. The molecule has 3 unspecified atom stereocenters. The van der Waals surface area contributed by atoms with Crippen LogP contribution in [0, 0.1) is 5.92 Å². The minimum Gasteiger partial charge on any atom is -0.326 e. The van der Waals surface area contributed by atoms with Crippen LogP contribution in [-0.4, -0.2) is 40.0 Å². The zero-order valence-corrected chi connectivity index (χ0v) is 14.5. The molecule has 4 rings (SSSR count). The van der Waals surface area contributed by atoms with Gasteiger partial charge in [-0.25, -0.2) is 15.0 Å². The van der Waals surface area contributed by atoms with E-state index in [4.69, 9.17) is 0 Å². The fourth-order valence-corrected chi connectivity index (χ4v) is 4.71. The molecule has 126 valence electrons. The molecule has 2 aliphatic rings. The number of anilines is 2. The van der Waals surface area contributed by atoms with Crippen LogP contribution in [0.1, 0.15) is 32.1 Å². The van der Waals surface area contributed by atoms with E-state index in [-0.39, 0.29) is 11.9 Å². The second-order valence-corrected chi connectivity index (χ2v) is 7.40. The zero-order chi connectivity index (χ0) is 16.5. The summed E-state index contributed by atoms with van der Waals surface area (Å²) in [5.41, 5.74) is 0. The maximum absolute atomic E-state index is 13.2. The van der Waals surface area contributed by atoms with E-state index < -0.39 is 0 Å². The third-order valence-corrected chi connectivity index (χ3v) is 6.04. The number of nitrogens with zero attached hydrogens (tertiary/aromatic N) is 5. The average molecular weight is 343 g/mol. The molecule has 1 amide bonds. The van der Waals surface area contributed by atoms with E-state index >= 15 is 0 Å². The highest BCUT2D eigenvalue weighted by atomic mass is 32.1. The first-order valence-electron chi connectivity index (χ1n) is 8.48. The molecule has 7 heteroatoms. The molecule has 1 aliphatic carbocycles. The molecule has 3 atom stereocenters. The van der Waals surface area contributed by atoms with Gasteiger partial charge in [0.05, 0.1) is 0 Å². The van der Waals surface area contributed by atoms with Crippen molar-refractivity contribution >= 4 is 28.3 Å². The Morgan fingerprint density at radius 2 is 2.00 bits per heavy atom. The van der Waals surface area contributed by atoms with Gasteiger partial charge in [-0.15, -0.1) is 11.3 Å². The van der Waals surface area contributed by atoms with E-state index in [2.05, 4.69) is 19.9 Å². The number of fused-ring (bicyclic) bond motifs is 1. The molecule has 3 heterocycles. The molecule has 1 aliphatic heterocycles. The van der Waals surface area contributed by atoms with Crippen LogP contribution in [0.5, 0.6) is 0 Å². The number of carbonyl (C=O) groups is 1. The molecule has 6 nitrogen and oxygen atoms in total. The first kappa shape index (κ1) is 15.5. The molecule has 0 radical (unpaired) electrons. The van der Waals surface area contributed by atoms with Gasteiger partial charge in [-0.3, -0.25) is 9.69 Å². The third-order valence-electron chi connectivity index (χ3n) is 5.19. The highest BCUT2D eigenvalue weighted by Crippen LogP contribution is 2.41. The second kappa shape index (κ2) is 6.47. The van der Waals surface area contributed by atoms with Gasteiger partial charge in [-0.1, -0.05) is 12.8 Å². The normalized spacial score (nSPS) is 26.2. The predicted octanol–water partition coefficient (Wildman–Crippen LogP) is 2.73. The van der Waals surface area contributed by atoms with Crippen molar-refractivity contribution in [2.75, 3.05) is 16.8 Å². The molecule has 2 aromatic rings. The van der Waals surface area contributed by atoms with Gasteiger partial charge in [0.15, 0.2) is 5.13 Å². The summed E-state index contributed by atoms with van der Waals surface area (Å²) in [6.07, 6.45) is 10.9. The number of hydrogen-bond acceptors (Lipinski definition) is 6. The molecule has 2 fully saturated rings. The summed E-state index contributed by atoms with van der Waals surface area (Å²) < 4.78 is 0. The summed E-state index contributed by atoms with van der Waals surface area (Å²) in [6, 6.07) is 1.99. The fourth-order valence-electron chi connectivity index (χ4n) is 4.09. The van der Waals surface area contributed by atoms with E-state index in [1.165, 1.54) is 30.6 Å². The lowest BCUT2D eigenvalue weighted by Gasteiger charge is -2.34. The first-order chi connectivity index (χ1) is 11.8. The topological polar surface area (TPSA) is 62.2 Å². The highest BCUT2D eigenvalue weighted by molar-refractivity contribution is 7.13. The summed E-state index contributed by atoms with van der Waals surface area (Å²) in [5, 5.41) is 2.63. The number of hydrogen-bond donors (Lipinski definition) is 0. The van der Waals surface area contributed by atoms with Gasteiger partial charge in [0.25, 0.3) is 5.91 Å². The Bertz CT molecular complexity index is 692. The van der Waals surface area contributed by atoms with Crippen molar-refractivity contribution in [3.63, 3.8) is 0 Å². The van der Waals surface area contributed by atoms with Gasteiger partial charge >= 0.3 is 0 Å². The number of likely N-dealkylation sites (N-methyl/N-ethyl adjacent to an activating group) is 1. The monoisotopic (exact) mass is 343 g/mol. The first-order valence-corrected chi connectivity index (χ1v) is 9.36. The average Bonchev–Trinajstić information content (AvgIpc) is 3.29. The fraction of sp³-hybridized carbons (Fsp3) is 0.529. The van der Waals surface area contributed by atoms with Crippen molar-refractivity contribution in [3.05, 3.63) is 30.0 Å². The van der Waals surface area contributed by atoms with Crippen molar-refractivity contribution in [1.82, 2.24) is 15.0 Å². The summed E-state index contributed by atoms with van der Waals surface area (Å²) in [5.74, 6) is 1.32. The molecule has 1 saturated carbocycles. The summed E-state index contributed by atoms with van der Waals surface area (Å²) >= 11 is 1.48. The molecule has 2 aromatic heterocycles. The largest absolute Gasteiger partial charge is 0.326 e. The number of amides is 1. The number of thiazole rings is 1. The summed E-state index contributed by atoms with van der Waals surface area (Å²) in [4.78, 5) is 30.2. The molecule has 0 N–H and O–H groups in total. The highest BCUT2D eigenvalue weighted by Gasteiger charge is 2.47. The standard InChI is InChI=1S/C17H21N5OS/c1-21(17-20-9-10-24-17)15(23)14-11-12-5-2-3-6-13(12)22(14)16-18-7-4-8-19-16/h4,7-10,12-14H,2-3,5-6,11H2,1H3. The van der Waals surface area contributed by atoms with Gasteiger partial charge in [0.1, 0.15) is 6.04 Å². The van der Waals surface area contributed by atoms with Crippen LogP contribution < -0.4 is 9.80 Å². The van der Waals surface area contributed by atoms with Gasteiger partial charge in [0, 0.05) is 37.1 Å². The Morgan fingerprint density at radius 3 is 2.75 bits per heavy atom. The lowest BCUT2D eigenvalue weighted by molar-refractivity contribution is -0.119. The number of carbonyl (C=O) groups excluding carboxylic acids is 1. The van der Waals surface area contributed by atoms with E-state index in [1.54, 1.807) is 23.5 Å². The van der Waals surface area contributed by atoms with Crippen molar-refractivity contribution in [1.29, 1.82) is 0 Å². The van der Waals surface area contributed by atoms with Crippen molar-refractivity contribution < 1.29 is 4.79 Å². The molecule has 0 bridgehead atoms. The predicted molar refractivity (Wildman–Crippen MR) is 94.2 cm³/mol. The molecule has 0 aromatic carbocycles. The maximum Gasteiger partial charge on any atom is 0.251 e. The summed E-state index contributed by atoms with van der Waals surface area (Å²) in [6.45, 7) is 0. The van der Waals surface area contributed by atoms with Crippen LogP contribution in [0.4, 0.5) is 11.1 Å². The second-order valence-electron chi connectivity index (χ2n) is 6.53. The van der Waals surface area contributed by atoms with Gasteiger partial charge < -0.3 is 4.90 Å². The third kappa shape index (κ3) is 2.66. The lowest BCUT2D eigenvalue weighted by Crippen LogP contribution is -2.48. The van der Waals surface area contributed by atoms with E-state index in [9.17, 15) is 4.79 Å². The Hall–Kier alpha value is -2.02. The van der Waals surface area contributed by atoms with Crippen LogP contribution >= 0.6 is 11.3 Å². The van der Waals surface area contributed by atoms with Crippen LogP contribution in [0.2, 0.25) is 0 Å². The van der Waals surface area contributed by atoms with Crippen molar-refractivity contribution in [2.24, 2.45) is 5.92 Å². The van der Waals surface area contributed by atoms with Gasteiger partial charge in [-0.05, 0) is 31.2 Å². The smallest absolute Gasteiger partial charge is 0.251 e. The minimum absolute atomic E-state index is 0.0896. The minimum atomic E-state index is -0.200. The Labute approximate surface area is 145 Å². The Morgan fingerprint density at radius 1 is 1.21 bits per heavy atom. The quantitative estimate of drug-likeness (QED) is 0.857. The number of aromatic nitrogens is 3. The van der Waals surface area contributed by atoms with Crippen molar-refractivity contribution in [3.8, 4) is 0 Å². The number of rotatable bonds is 3. The van der Waals surface area contributed by atoms with Crippen LogP contribution in [0.3, 0.4) is 0 Å². The van der Waals surface area contributed by atoms with E-state index in [0.717, 1.165) is 18.0 Å². The van der Waals surface area contributed by atoms with Crippen LogP contribution in [0.25, 0.3) is 0 Å². The molecule has 24 heavy (non-hydrogen) atoms. The Balaban J connectivity index is 1.65. The van der Waals surface area contributed by atoms with Gasteiger partial charge in [0.2, 0.25) is 5.95 Å². The Kier molecular flexibility index (Phi) is 4.18. The lowest BCUT2D eigenvalue weighted by atomic mass is 9.85.